The van der Waals surface area contributed by atoms with Gasteiger partial charge in [-0.1, -0.05) is 5.16 Å². The van der Waals surface area contributed by atoms with Gasteiger partial charge in [0, 0.05) is 17.4 Å². The third-order valence-electron chi connectivity index (χ3n) is 3.80. The maximum Gasteiger partial charge on any atom is 0.471 e. The molecule has 0 aliphatic carbocycles. The molecule has 0 amide bonds. The molecule has 0 atom stereocenters. The van der Waals surface area contributed by atoms with Crippen molar-refractivity contribution >= 4 is 9.84 Å². The smallest absolute Gasteiger partial charge is 0.329 e. The second kappa shape index (κ2) is 6.80. The van der Waals surface area contributed by atoms with E-state index in [0.717, 1.165) is 0 Å². The molecule has 3 rings (SSSR count). The lowest BCUT2D eigenvalue weighted by molar-refractivity contribution is -0.159. The normalized spacial score (nSPS) is 12.7. The molecule has 0 aliphatic heterocycles. The molecule has 0 radical (unpaired) electrons. The van der Waals surface area contributed by atoms with E-state index in [-0.39, 0.29) is 11.6 Å². The molecule has 0 aliphatic rings. The van der Waals surface area contributed by atoms with Gasteiger partial charge in [0.05, 0.1) is 23.0 Å². The average Bonchev–Trinajstić information content (AvgIpc) is 3.23. The van der Waals surface area contributed by atoms with E-state index < -0.39 is 27.2 Å². The molecule has 2 aromatic heterocycles. The molecular formula is C16H15F3N4O3S. The molecule has 27 heavy (non-hydrogen) atoms. The first-order valence-electron chi connectivity index (χ1n) is 7.82. The lowest BCUT2D eigenvalue weighted by atomic mass is 10.2. The Kier molecular flexibility index (Phi) is 4.81. The highest BCUT2D eigenvalue weighted by atomic mass is 32.2. The summed E-state index contributed by atoms with van der Waals surface area (Å²) in [5.41, 5.74) is 1.40. The van der Waals surface area contributed by atoms with E-state index in [1.807, 2.05) is 0 Å². The van der Waals surface area contributed by atoms with Crippen LogP contribution in [0.5, 0.6) is 0 Å². The van der Waals surface area contributed by atoms with Gasteiger partial charge < -0.3 is 9.09 Å². The van der Waals surface area contributed by atoms with Crippen molar-refractivity contribution in [2.24, 2.45) is 0 Å². The van der Waals surface area contributed by atoms with Crippen LogP contribution >= 0.6 is 0 Å². The monoisotopic (exact) mass is 400 g/mol. The molecule has 0 bridgehead atoms. The average molecular weight is 400 g/mol. The largest absolute Gasteiger partial charge is 0.471 e. The molecule has 7 nitrogen and oxygen atoms in total. The number of benzene rings is 1. The highest BCUT2D eigenvalue weighted by Gasteiger charge is 2.38. The van der Waals surface area contributed by atoms with Gasteiger partial charge in [-0.05, 0) is 38.1 Å². The van der Waals surface area contributed by atoms with Gasteiger partial charge in [-0.2, -0.15) is 18.2 Å². The Labute approximate surface area is 152 Å². The van der Waals surface area contributed by atoms with Gasteiger partial charge in [0.25, 0.3) is 0 Å². The van der Waals surface area contributed by atoms with Gasteiger partial charge in [-0.15, -0.1) is 0 Å². The van der Waals surface area contributed by atoms with E-state index in [1.54, 1.807) is 36.7 Å². The summed E-state index contributed by atoms with van der Waals surface area (Å²) in [6.45, 7) is 3.21. The lowest BCUT2D eigenvalue weighted by Crippen LogP contribution is -2.16. The molecule has 0 N–H and O–H groups in total. The van der Waals surface area contributed by atoms with Crippen LogP contribution in [-0.4, -0.2) is 33.4 Å². The van der Waals surface area contributed by atoms with Crippen LogP contribution in [0.3, 0.4) is 0 Å². The van der Waals surface area contributed by atoms with Crippen molar-refractivity contribution in [3.05, 3.63) is 48.4 Å². The minimum atomic E-state index is -4.70. The maximum absolute atomic E-state index is 12.5. The van der Waals surface area contributed by atoms with E-state index in [0.29, 0.717) is 16.9 Å². The van der Waals surface area contributed by atoms with Gasteiger partial charge in [-0.3, -0.25) is 0 Å². The number of hydrogen-bond donors (Lipinski definition) is 0. The van der Waals surface area contributed by atoms with Crippen LogP contribution in [-0.2, 0) is 21.8 Å². The number of hydrogen-bond acceptors (Lipinski definition) is 6. The Morgan fingerprint density at radius 3 is 2.41 bits per heavy atom. The molecular weight excluding hydrogens is 385 g/mol. The van der Waals surface area contributed by atoms with Crippen molar-refractivity contribution < 1.29 is 26.1 Å². The van der Waals surface area contributed by atoms with Gasteiger partial charge in [0.15, 0.2) is 9.84 Å². The molecule has 1 aromatic carbocycles. The minimum absolute atomic E-state index is 0.168. The number of sulfone groups is 1. The fraction of sp³-hybridized carbons (Fsp3) is 0.312. The van der Waals surface area contributed by atoms with Gasteiger partial charge in [0.1, 0.15) is 0 Å². The Bertz CT molecular complexity index is 1040. The first-order chi connectivity index (χ1) is 12.6. The molecule has 144 valence electrons. The molecule has 0 unspecified atom stereocenters. The molecule has 0 spiro atoms. The van der Waals surface area contributed by atoms with Crippen LogP contribution in [0.1, 0.15) is 25.4 Å². The minimum Gasteiger partial charge on any atom is -0.329 e. The summed E-state index contributed by atoms with van der Waals surface area (Å²) < 4.78 is 67.3. The van der Waals surface area contributed by atoms with E-state index >= 15 is 0 Å². The zero-order chi connectivity index (χ0) is 19.8. The third kappa shape index (κ3) is 4.18. The SMILES string of the molecule is CC(C)S(=O)(=O)Cc1cn(-c2ccc(-c3noc(C(F)(F)F)n3)cc2)cn1. The second-order valence-electron chi connectivity index (χ2n) is 6.10. The van der Waals surface area contributed by atoms with Crippen LogP contribution in [0.4, 0.5) is 13.2 Å². The van der Waals surface area contributed by atoms with Gasteiger partial charge >= 0.3 is 12.1 Å². The number of imidazole rings is 1. The Morgan fingerprint density at radius 2 is 1.85 bits per heavy atom. The Balaban J connectivity index is 1.79. The standard InChI is InChI=1S/C16H15F3N4O3S/c1-10(2)27(24,25)8-12-7-23(9-20-12)13-5-3-11(4-6-13)14-21-15(26-22-14)16(17,18)19/h3-7,9-10H,8H2,1-2H3. The van der Waals surface area contributed by atoms with E-state index in [4.69, 9.17) is 0 Å². The molecule has 11 heteroatoms. The summed E-state index contributed by atoms with van der Waals surface area (Å²) >= 11 is 0. The molecule has 0 fully saturated rings. The van der Waals surface area contributed by atoms with Crippen LogP contribution in [0.15, 0.2) is 41.3 Å². The van der Waals surface area contributed by atoms with Gasteiger partial charge in [0.2, 0.25) is 5.82 Å². The molecule has 2 heterocycles. The van der Waals surface area contributed by atoms with Crippen LogP contribution < -0.4 is 0 Å². The van der Waals surface area contributed by atoms with Crippen molar-refractivity contribution in [3.63, 3.8) is 0 Å². The van der Waals surface area contributed by atoms with Crippen molar-refractivity contribution in [1.82, 2.24) is 19.7 Å². The summed E-state index contributed by atoms with van der Waals surface area (Å²) in [6, 6.07) is 6.32. The maximum atomic E-state index is 12.5. The Hall–Kier alpha value is -2.69. The fourth-order valence-corrected chi connectivity index (χ4v) is 3.09. The van der Waals surface area contributed by atoms with Crippen molar-refractivity contribution in [2.45, 2.75) is 31.0 Å². The number of rotatable bonds is 5. The topological polar surface area (TPSA) is 90.9 Å². The predicted octanol–water partition coefficient (Wildman–Crippen LogP) is 3.26. The van der Waals surface area contributed by atoms with Gasteiger partial charge in [-0.25, -0.2) is 13.4 Å². The van der Waals surface area contributed by atoms with E-state index in [9.17, 15) is 21.6 Å². The van der Waals surface area contributed by atoms with Crippen molar-refractivity contribution in [2.75, 3.05) is 0 Å². The number of aromatic nitrogens is 4. The summed E-state index contributed by atoms with van der Waals surface area (Å²) in [6.07, 6.45) is -1.64. The zero-order valence-corrected chi connectivity index (χ0v) is 15.1. The van der Waals surface area contributed by atoms with Crippen LogP contribution in [0.25, 0.3) is 17.1 Å². The van der Waals surface area contributed by atoms with Crippen molar-refractivity contribution in [3.8, 4) is 17.1 Å². The molecule has 3 aromatic rings. The number of halogens is 3. The second-order valence-corrected chi connectivity index (χ2v) is 8.65. The van der Waals surface area contributed by atoms with E-state index in [1.165, 1.54) is 18.5 Å². The van der Waals surface area contributed by atoms with Crippen LogP contribution in [0, 0.1) is 0 Å². The first-order valence-corrected chi connectivity index (χ1v) is 9.54. The summed E-state index contributed by atoms with van der Waals surface area (Å²) in [5.74, 6) is -1.76. The third-order valence-corrected chi connectivity index (χ3v) is 5.93. The summed E-state index contributed by atoms with van der Waals surface area (Å²) in [7, 11) is -3.27. The predicted molar refractivity (Wildman–Crippen MR) is 89.6 cm³/mol. The highest BCUT2D eigenvalue weighted by molar-refractivity contribution is 7.91. The molecule has 0 saturated heterocycles. The Morgan fingerprint density at radius 1 is 1.19 bits per heavy atom. The lowest BCUT2D eigenvalue weighted by Gasteiger charge is -2.05. The van der Waals surface area contributed by atoms with E-state index in [2.05, 4.69) is 19.6 Å². The number of nitrogens with zero attached hydrogens (tertiary/aromatic N) is 4. The summed E-state index contributed by atoms with van der Waals surface area (Å²) in [5, 5.41) is 2.82. The van der Waals surface area contributed by atoms with Crippen LogP contribution in [0.2, 0.25) is 0 Å². The summed E-state index contributed by atoms with van der Waals surface area (Å²) in [4.78, 5) is 7.42. The fourth-order valence-electron chi connectivity index (χ4n) is 2.19. The van der Waals surface area contributed by atoms with Crippen molar-refractivity contribution in [1.29, 1.82) is 0 Å². The number of alkyl halides is 3. The first kappa shape index (κ1) is 19.1. The highest BCUT2D eigenvalue weighted by Crippen LogP contribution is 2.29. The molecule has 0 saturated carbocycles. The quantitative estimate of drug-likeness (QED) is 0.653. The zero-order valence-electron chi connectivity index (χ0n) is 14.3.